The Morgan fingerprint density at radius 2 is 1.80 bits per heavy atom. The van der Waals surface area contributed by atoms with Crippen LogP contribution in [0.1, 0.15) is 25.8 Å². The van der Waals surface area contributed by atoms with Gasteiger partial charge in [0.1, 0.15) is 0 Å². The fourth-order valence-corrected chi connectivity index (χ4v) is 4.56. The Bertz CT molecular complexity index is 1250. The highest BCUT2D eigenvalue weighted by atomic mass is 15.4. The Balaban J connectivity index is 1.50. The van der Waals surface area contributed by atoms with Gasteiger partial charge in [0.2, 0.25) is 0 Å². The molecule has 6 rings (SSSR count). The topological polar surface area (TPSA) is 42.1 Å². The summed E-state index contributed by atoms with van der Waals surface area (Å²) in [5, 5.41) is 10.7. The number of para-hydroxylation sites is 1. The average molecular weight is 399 g/mol. The zero-order chi connectivity index (χ0) is 20.4. The number of rotatable bonds is 3. The highest BCUT2D eigenvalue weighted by molar-refractivity contribution is 5.95. The molecule has 6 nitrogen and oxygen atoms in total. The molecule has 4 aromatic rings. The van der Waals surface area contributed by atoms with E-state index in [-0.39, 0.29) is 0 Å². The third-order valence-electron chi connectivity index (χ3n) is 6.60. The van der Waals surface area contributed by atoms with E-state index in [1.807, 2.05) is 17.9 Å². The molecule has 1 fully saturated rings. The molecule has 2 aromatic heterocycles. The lowest BCUT2D eigenvalue weighted by Crippen LogP contribution is -2.43. The first kappa shape index (κ1) is 17.6. The first-order valence-corrected chi connectivity index (χ1v) is 10.7. The van der Waals surface area contributed by atoms with Crippen molar-refractivity contribution in [3.8, 4) is 11.1 Å². The number of nitrogens with zero attached hydrogens (tertiary/aromatic N) is 6. The molecule has 1 aliphatic heterocycles. The smallest absolute Gasteiger partial charge is 0.163 e. The minimum Gasteiger partial charge on any atom is -0.368 e. The number of aryl methyl sites for hydroxylation is 1. The molecule has 0 amide bonds. The van der Waals surface area contributed by atoms with Crippen LogP contribution in [0.4, 0.5) is 17.2 Å². The molecule has 2 aliphatic rings. The third kappa shape index (κ3) is 2.63. The van der Waals surface area contributed by atoms with Crippen LogP contribution < -0.4 is 9.80 Å². The van der Waals surface area contributed by atoms with E-state index in [2.05, 4.69) is 82.2 Å². The summed E-state index contributed by atoms with van der Waals surface area (Å²) in [5.74, 6) is 1.03. The molecule has 1 atom stereocenters. The molecular weight excluding hydrogens is 372 g/mol. The van der Waals surface area contributed by atoms with E-state index in [1.165, 1.54) is 40.7 Å². The van der Waals surface area contributed by atoms with E-state index in [0.29, 0.717) is 12.1 Å². The van der Waals surface area contributed by atoms with Gasteiger partial charge in [-0.1, -0.05) is 18.2 Å². The van der Waals surface area contributed by atoms with Gasteiger partial charge in [0.25, 0.3) is 0 Å². The monoisotopic (exact) mass is 398 g/mol. The van der Waals surface area contributed by atoms with E-state index >= 15 is 0 Å². The summed E-state index contributed by atoms with van der Waals surface area (Å²) < 4.78 is 4.10. The lowest BCUT2D eigenvalue weighted by molar-refractivity contribution is 0.642. The number of hydrogen-bond acceptors (Lipinski definition) is 4. The van der Waals surface area contributed by atoms with Gasteiger partial charge < -0.3 is 9.80 Å². The summed E-state index contributed by atoms with van der Waals surface area (Å²) in [5.41, 5.74) is 5.98. The second-order valence-corrected chi connectivity index (χ2v) is 8.68. The molecule has 0 radical (unpaired) electrons. The lowest BCUT2D eigenvalue weighted by Gasteiger charge is -2.41. The third-order valence-corrected chi connectivity index (χ3v) is 6.60. The molecule has 3 heterocycles. The van der Waals surface area contributed by atoms with Crippen LogP contribution in [0.25, 0.3) is 22.0 Å². The van der Waals surface area contributed by atoms with Crippen molar-refractivity contribution >= 4 is 28.1 Å². The van der Waals surface area contributed by atoms with Crippen molar-refractivity contribution < 1.29 is 0 Å². The predicted octanol–water partition coefficient (Wildman–Crippen LogP) is 4.75. The maximum absolute atomic E-state index is 4.92. The van der Waals surface area contributed by atoms with Gasteiger partial charge in [-0.25, -0.2) is 0 Å². The fourth-order valence-electron chi connectivity index (χ4n) is 4.56. The van der Waals surface area contributed by atoms with Crippen LogP contribution >= 0.6 is 0 Å². The molecule has 152 valence electrons. The molecule has 0 N–H and O–H groups in total. The number of benzene rings is 2. The van der Waals surface area contributed by atoms with Crippen LogP contribution in [-0.4, -0.2) is 39.2 Å². The van der Waals surface area contributed by atoms with E-state index in [9.17, 15) is 0 Å². The Labute approximate surface area is 176 Å². The minimum atomic E-state index is 0.390. The largest absolute Gasteiger partial charge is 0.368 e. The van der Waals surface area contributed by atoms with Crippen LogP contribution in [0.2, 0.25) is 0 Å². The van der Waals surface area contributed by atoms with Crippen molar-refractivity contribution in [2.45, 2.75) is 31.8 Å². The average Bonchev–Trinajstić information content (AvgIpc) is 3.40. The molecule has 0 bridgehead atoms. The quantitative estimate of drug-likeness (QED) is 0.500. The van der Waals surface area contributed by atoms with Gasteiger partial charge in [0.15, 0.2) is 5.82 Å². The van der Waals surface area contributed by atoms with Crippen molar-refractivity contribution in [3.63, 3.8) is 0 Å². The van der Waals surface area contributed by atoms with Crippen molar-refractivity contribution in [2.24, 2.45) is 7.05 Å². The van der Waals surface area contributed by atoms with Crippen LogP contribution in [-0.2, 0) is 7.05 Å². The van der Waals surface area contributed by atoms with Gasteiger partial charge in [-0.15, -0.1) is 0 Å². The van der Waals surface area contributed by atoms with Gasteiger partial charge in [0.05, 0.1) is 29.1 Å². The number of fused-ring (bicyclic) bond motifs is 2. The van der Waals surface area contributed by atoms with Crippen LogP contribution in [0.15, 0.2) is 54.9 Å². The predicted molar refractivity (Wildman–Crippen MR) is 122 cm³/mol. The highest BCUT2D eigenvalue weighted by Gasteiger charge is 2.30. The zero-order valence-corrected chi connectivity index (χ0v) is 17.7. The molecule has 0 spiro atoms. The molecule has 6 heteroatoms. The highest BCUT2D eigenvalue weighted by Crippen LogP contribution is 2.43. The summed E-state index contributed by atoms with van der Waals surface area (Å²) in [7, 11) is 4.21. The van der Waals surface area contributed by atoms with E-state index in [0.717, 1.165) is 17.9 Å². The SMILES string of the molecule is CC1CN(c2nn(C)c3ccccc23)c2cc(-c3cnn(C4CC4)c3)ccc2N1C. The standard InChI is InChI=1S/C24H26N6/c1-16-14-29(24-20-6-4-5-7-21(20)28(3)26-24)23-12-17(8-11-22(23)27(16)2)18-13-25-30(15-18)19-9-10-19/h4-8,11-13,15-16,19H,9-10,14H2,1-3H3. The maximum Gasteiger partial charge on any atom is 0.163 e. The summed E-state index contributed by atoms with van der Waals surface area (Å²) in [6.45, 7) is 3.17. The molecule has 1 aliphatic carbocycles. The molecule has 0 saturated heterocycles. The maximum atomic E-state index is 4.92. The number of hydrogen-bond donors (Lipinski definition) is 0. The first-order chi connectivity index (χ1) is 14.6. The van der Waals surface area contributed by atoms with Crippen LogP contribution in [0.3, 0.4) is 0 Å². The van der Waals surface area contributed by atoms with Gasteiger partial charge in [-0.3, -0.25) is 9.36 Å². The zero-order valence-electron chi connectivity index (χ0n) is 17.7. The Hall–Kier alpha value is -3.28. The normalized spacial score (nSPS) is 18.8. The Morgan fingerprint density at radius 3 is 2.63 bits per heavy atom. The summed E-state index contributed by atoms with van der Waals surface area (Å²) >= 11 is 0. The van der Waals surface area contributed by atoms with Gasteiger partial charge in [-0.05, 0) is 49.6 Å². The van der Waals surface area contributed by atoms with Gasteiger partial charge >= 0.3 is 0 Å². The molecular formula is C24H26N6. The summed E-state index contributed by atoms with van der Waals surface area (Å²) in [6.07, 6.45) is 6.67. The second kappa shape index (κ2) is 6.36. The first-order valence-electron chi connectivity index (χ1n) is 10.7. The lowest BCUT2D eigenvalue weighted by atomic mass is 10.0. The second-order valence-electron chi connectivity index (χ2n) is 8.68. The number of anilines is 3. The van der Waals surface area contributed by atoms with Crippen LogP contribution in [0, 0.1) is 0 Å². The van der Waals surface area contributed by atoms with E-state index in [4.69, 9.17) is 5.10 Å². The number of likely N-dealkylation sites (N-methyl/N-ethyl adjacent to an activating group) is 1. The van der Waals surface area contributed by atoms with E-state index in [1.54, 1.807) is 0 Å². The Kier molecular flexibility index (Phi) is 3.72. The van der Waals surface area contributed by atoms with Crippen molar-refractivity contribution in [3.05, 3.63) is 54.9 Å². The van der Waals surface area contributed by atoms with E-state index < -0.39 is 0 Å². The molecule has 30 heavy (non-hydrogen) atoms. The molecule has 2 aromatic carbocycles. The van der Waals surface area contributed by atoms with Crippen molar-refractivity contribution in [1.29, 1.82) is 0 Å². The van der Waals surface area contributed by atoms with Crippen LogP contribution in [0.5, 0.6) is 0 Å². The molecule has 1 saturated carbocycles. The minimum absolute atomic E-state index is 0.390. The summed E-state index contributed by atoms with van der Waals surface area (Å²) in [4.78, 5) is 4.76. The van der Waals surface area contributed by atoms with Gasteiger partial charge in [0, 0.05) is 43.8 Å². The summed E-state index contributed by atoms with van der Waals surface area (Å²) in [6, 6.07) is 16.2. The number of aromatic nitrogens is 4. The Morgan fingerprint density at radius 1 is 0.967 bits per heavy atom. The fraction of sp³-hybridized carbons (Fsp3) is 0.333. The van der Waals surface area contributed by atoms with Crippen molar-refractivity contribution in [1.82, 2.24) is 19.6 Å². The van der Waals surface area contributed by atoms with Gasteiger partial charge in [-0.2, -0.15) is 10.2 Å². The van der Waals surface area contributed by atoms with Crippen molar-refractivity contribution in [2.75, 3.05) is 23.4 Å². The molecule has 1 unspecified atom stereocenters.